The van der Waals surface area contributed by atoms with E-state index in [4.69, 9.17) is 10.5 Å². The van der Waals surface area contributed by atoms with Gasteiger partial charge >= 0.3 is 0 Å². The Balaban J connectivity index is 2.15. The second kappa shape index (κ2) is 6.10. The van der Waals surface area contributed by atoms with Crippen LogP contribution in [0.2, 0.25) is 0 Å². The highest BCUT2D eigenvalue weighted by atomic mass is 79.9. The molecule has 0 radical (unpaired) electrons. The van der Waals surface area contributed by atoms with Crippen molar-refractivity contribution in [3.05, 3.63) is 40.4 Å². The molecule has 3 heteroatoms. The van der Waals surface area contributed by atoms with Crippen LogP contribution in [0, 0.1) is 0 Å². The first-order chi connectivity index (χ1) is 9.01. The van der Waals surface area contributed by atoms with Gasteiger partial charge in [-0.15, -0.1) is 0 Å². The summed E-state index contributed by atoms with van der Waals surface area (Å²) in [6.07, 6.45) is 5.90. The molecule has 0 aromatic heterocycles. The summed E-state index contributed by atoms with van der Waals surface area (Å²) >= 11 is 3.58. The maximum Gasteiger partial charge on any atom is 0.133 e. The molecule has 2 nitrogen and oxygen atoms in total. The molecular formula is C16H22BrNO. The highest BCUT2D eigenvalue weighted by Gasteiger charge is 2.29. The summed E-state index contributed by atoms with van der Waals surface area (Å²) in [6, 6.07) is 6.22. The number of halogens is 1. The molecule has 19 heavy (non-hydrogen) atoms. The van der Waals surface area contributed by atoms with Gasteiger partial charge in [0.2, 0.25) is 0 Å². The fraction of sp³-hybridized carbons (Fsp3) is 0.500. The molecule has 2 N–H and O–H groups in total. The van der Waals surface area contributed by atoms with Crippen molar-refractivity contribution < 1.29 is 4.74 Å². The fourth-order valence-corrected chi connectivity index (χ4v) is 3.09. The normalized spacial score (nSPS) is 18.1. The van der Waals surface area contributed by atoms with E-state index in [1.165, 1.54) is 24.8 Å². The molecule has 0 saturated heterocycles. The molecule has 0 heterocycles. The number of nitrogens with two attached hydrogens (primary N) is 1. The third-order valence-corrected chi connectivity index (χ3v) is 4.35. The molecule has 1 saturated carbocycles. The third kappa shape index (κ3) is 3.61. The van der Waals surface area contributed by atoms with Crippen molar-refractivity contribution in [2.75, 3.05) is 6.61 Å². The number of hydrogen-bond acceptors (Lipinski definition) is 2. The number of ether oxygens (including phenoxy) is 1. The second-order valence-electron chi connectivity index (χ2n) is 5.61. The Morgan fingerprint density at radius 1 is 1.37 bits per heavy atom. The van der Waals surface area contributed by atoms with E-state index < -0.39 is 0 Å². The van der Waals surface area contributed by atoms with Gasteiger partial charge in [0, 0.05) is 5.54 Å². The Morgan fingerprint density at radius 2 is 2.05 bits per heavy atom. The van der Waals surface area contributed by atoms with Crippen molar-refractivity contribution >= 4 is 15.9 Å². The summed E-state index contributed by atoms with van der Waals surface area (Å²) in [4.78, 5) is 0. The maximum absolute atomic E-state index is 6.55. The van der Waals surface area contributed by atoms with Gasteiger partial charge in [0.25, 0.3) is 0 Å². The quantitative estimate of drug-likeness (QED) is 0.826. The lowest BCUT2D eigenvalue weighted by atomic mass is 9.77. The molecule has 104 valence electrons. The maximum atomic E-state index is 6.55. The summed E-state index contributed by atoms with van der Waals surface area (Å²) < 4.78 is 6.66. The van der Waals surface area contributed by atoms with Gasteiger partial charge in [0.05, 0.1) is 4.47 Å². The first-order valence-corrected chi connectivity index (χ1v) is 7.67. The predicted molar refractivity (Wildman–Crippen MR) is 83.4 cm³/mol. The minimum absolute atomic E-state index is 0.159. The number of rotatable bonds is 4. The van der Waals surface area contributed by atoms with Crippen LogP contribution in [-0.4, -0.2) is 6.61 Å². The van der Waals surface area contributed by atoms with Crippen LogP contribution in [-0.2, 0) is 5.54 Å². The first-order valence-electron chi connectivity index (χ1n) is 6.87. The lowest BCUT2D eigenvalue weighted by molar-refractivity contribution is 0.301. The van der Waals surface area contributed by atoms with E-state index in [2.05, 4.69) is 34.6 Å². The van der Waals surface area contributed by atoms with Gasteiger partial charge in [-0.05, 0) is 59.0 Å². The summed E-state index contributed by atoms with van der Waals surface area (Å²) in [7, 11) is 0. The van der Waals surface area contributed by atoms with Crippen LogP contribution in [0.15, 0.2) is 34.8 Å². The molecule has 1 aromatic rings. The summed E-state index contributed by atoms with van der Waals surface area (Å²) in [5.74, 6) is 0.853. The molecule has 0 unspecified atom stereocenters. The lowest BCUT2D eigenvalue weighted by Crippen LogP contribution is -2.38. The molecule has 1 aliphatic carbocycles. The Kier molecular flexibility index (Phi) is 4.69. The van der Waals surface area contributed by atoms with Gasteiger partial charge in [-0.25, -0.2) is 0 Å². The number of hydrogen-bond donors (Lipinski definition) is 1. The smallest absolute Gasteiger partial charge is 0.133 e. The van der Waals surface area contributed by atoms with Crippen molar-refractivity contribution in [1.29, 1.82) is 0 Å². The van der Waals surface area contributed by atoms with Gasteiger partial charge in [0.1, 0.15) is 12.4 Å². The summed E-state index contributed by atoms with van der Waals surface area (Å²) in [5.41, 5.74) is 8.61. The lowest BCUT2D eigenvalue weighted by Gasteiger charge is -2.34. The molecule has 0 spiro atoms. The van der Waals surface area contributed by atoms with Crippen LogP contribution in [0.25, 0.3) is 0 Å². The monoisotopic (exact) mass is 323 g/mol. The van der Waals surface area contributed by atoms with Crippen molar-refractivity contribution in [3.8, 4) is 5.75 Å². The van der Waals surface area contributed by atoms with Gasteiger partial charge in [-0.1, -0.05) is 31.9 Å². The molecule has 1 aromatic carbocycles. The summed E-state index contributed by atoms with van der Waals surface area (Å²) in [6.45, 7) is 6.35. The fourth-order valence-electron chi connectivity index (χ4n) is 2.60. The van der Waals surface area contributed by atoms with Crippen molar-refractivity contribution in [2.24, 2.45) is 5.73 Å². The van der Waals surface area contributed by atoms with E-state index >= 15 is 0 Å². The molecule has 0 atom stereocenters. The standard InChI is InChI=1S/C16H22BrNO/c1-12(2)11-19-15-7-6-13(10-14(15)17)16(18)8-4-3-5-9-16/h6-7,10H,1,3-5,8-9,11,18H2,2H3. The van der Waals surface area contributed by atoms with E-state index in [1.807, 2.05) is 13.0 Å². The van der Waals surface area contributed by atoms with Crippen molar-refractivity contribution in [1.82, 2.24) is 0 Å². The van der Waals surface area contributed by atoms with Crippen LogP contribution in [0.3, 0.4) is 0 Å². The van der Waals surface area contributed by atoms with Crippen LogP contribution < -0.4 is 10.5 Å². The SMILES string of the molecule is C=C(C)COc1ccc(C2(N)CCCCC2)cc1Br. The topological polar surface area (TPSA) is 35.2 Å². The van der Waals surface area contributed by atoms with Crippen LogP contribution in [0.1, 0.15) is 44.6 Å². The zero-order chi connectivity index (χ0) is 13.9. The Hall–Kier alpha value is -0.800. The first kappa shape index (κ1) is 14.6. The van der Waals surface area contributed by atoms with E-state index in [0.29, 0.717) is 6.61 Å². The minimum Gasteiger partial charge on any atom is -0.488 e. The largest absolute Gasteiger partial charge is 0.488 e. The van der Waals surface area contributed by atoms with E-state index in [0.717, 1.165) is 28.6 Å². The highest BCUT2D eigenvalue weighted by molar-refractivity contribution is 9.10. The average Bonchev–Trinajstić information content (AvgIpc) is 2.38. The minimum atomic E-state index is -0.159. The van der Waals surface area contributed by atoms with Gasteiger partial charge < -0.3 is 10.5 Å². The molecule has 2 rings (SSSR count). The van der Waals surface area contributed by atoms with E-state index in [-0.39, 0.29) is 5.54 Å². The van der Waals surface area contributed by atoms with Gasteiger partial charge in [0.15, 0.2) is 0 Å². The third-order valence-electron chi connectivity index (χ3n) is 3.73. The zero-order valence-corrected chi connectivity index (χ0v) is 13.1. The highest BCUT2D eigenvalue weighted by Crippen LogP contribution is 2.37. The molecule has 1 fully saturated rings. The van der Waals surface area contributed by atoms with Crippen LogP contribution in [0.5, 0.6) is 5.75 Å². The zero-order valence-electron chi connectivity index (χ0n) is 11.5. The van der Waals surface area contributed by atoms with Crippen LogP contribution in [0.4, 0.5) is 0 Å². The predicted octanol–water partition coefficient (Wildman–Crippen LogP) is 4.52. The van der Waals surface area contributed by atoms with E-state index in [9.17, 15) is 0 Å². The molecule has 0 aliphatic heterocycles. The Morgan fingerprint density at radius 3 is 2.63 bits per heavy atom. The molecule has 0 amide bonds. The van der Waals surface area contributed by atoms with E-state index in [1.54, 1.807) is 0 Å². The van der Waals surface area contributed by atoms with Crippen molar-refractivity contribution in [3.63, 3.8) is 0 Å². The van der Waals surface area contributed by atoms with Crippen molar-refractivity contribution in [2.45, 2.75) is 44.6 Å². The second-order valence-corrected chi connectivity index (χ2v) is 6.46. The molecular weight excluding hydrogens is 302 g/mol. The molecule has 0 bridgehead atoms. The van der Waals surface area contributed by atoms with Gasteiger partial charge in [-0.2, -0.15) is 0 Å². The number of benzene rings is 1. The Labute approximate surface area is 124 Å². The van der Waals surface area contributed by atoms with Crippen LogP contribution >= 0.6 is 15.9 Å². The molecule has 1 aliphatic rings. The Bertz CT molecular complexity index is 464. The summed E-state index contributed by atoms with van der Waals surface area (Å²) in [5, 5.41) is 0. The van der Waals surface area contributed by atoms with Gasteiger partial charge in [-0.3, -0.25) is 0 Å². The average molecular weight is 324 g/mol.